The number of nitriles is 1. The lowest BCUT2D eigenvalue weighted by Crippen LogP contribution is -2.45. The molecule has 1 aliphatic rings. The van der Waals surface area contributed by atoms with Crippen molar-refractivity contribution in [2.75, 3.05) is 43.9 Å². The number of nitrogens with two attached hydrogens (primary N) is 1. The van der Waals surface area contributed by atoms with E-state index in [1.807, 2.05) is 7.05 Å². The van der Waals surface area contributed by atoms with Gasteiger partial charge in [-0.3, -0.25) is 0 Å². The van der Waals surface area contributed by atoms with E-state index in [2.05, 4.69) is 28.0 Å². The van der Waals surface area contributed by atoms with Crippen molar-refractivity contribution in [3.63, 3.8) is 0 Å². The van der Waals surface area contributed by atoms with E-state index < -0.39 is 0 Å². The number of aromatic nitrogens is 2. The second kappa shape index (κ2) is 4.02. The molecular weight excluding hydrogens is 204 g/mol. The monoisotopic (exact) mass is 220 g/mol. The highest BCUT2D eigenvalue weighted by Gasteiger charge is 2.22. The van der Waals surface area contributed by atoms with Gasteiger partial charge in [0.25, 0.3) is 0 Å². The summed E-state index contributed by atoms with van der Waals surface area (Å²) in [7, 11) is 3.92. The van der Waals surface area contributed by atoms with Gasteiger partial charge in [0.05, 0.1) is 0 Å². The molecule has 16 heavy (non-hydrogen) atoms. The molecule has 2 rings (SSSR count). The van der Waals surface area contributed by atoms with Crippen LogP contribution in [-0.4, -0.2) is 47.9 Å². The smallest absolute Gasteiger partial charge is 0.165 e. The molecule has 1 aliphatic heterocycles. The summed E-state index contributed by atoms with van der Waals surface area (Å²) in [5.41, 5.74) is 6.19. The van der Waals surface area contributed by atoms with Crippen LogP contribution < -0.4 is 10.6 Å². The SMILES string of the molecule is CN1CCN(c2c(C#N)c(N)nn2C)CC1. The summed E-state index contributed by atoms with van der Waals surface area (Å²) in [4.78, 5) is 4.43. The standard InChI is InChI=1S/C10H16N6/c1-14-3-5-16(6-4-14)10-8(7-11)9(12)13-15(10)2/h3-6H2,1-2H3,(H2,12,13). The number of rotatable bonds is 1. The van der Waals surface area contributed by atoms with Crippen LogP contribution >= 0.6 is 0 Å². The van der Waals surface area contributed by atoms with Gasteiger partial charge in [-0.1, -0.05) is 0 Å². The molecule has 0 amide bonds. The van der Waals surface area contributed by atoms with Crippen molar-refractivity contribution < 1.29 is 0 Å². The highest BCUT2D eigenvalue weighted by Crippen LogP contribution is 2.24. The molecule has 0 atom stereocenters. The van der Waals surface area contributed by atoms with Crippen LogP contribution in [0.2, 0.25) is 0 Å². The van der Waals surface area contributed by atoms with Gasteiger partial charge in [-0.05, 0) is 7.05 Å². The van der Waals surface area contributed by atoms with Gasteiger partial charge in [0.15, 0.2) is 5.82 Å². The van der Waals surface area contributed by atoms with E-state index in [4.69, 9.17) is 11.0 Å². The largest absolute Gasteiger partial charge is 0.381 e. The maximum absolute atomic E-state index is 9.07. The summed E-state index contributed by atoms with van der Waals surface area (Å²) in [6.07, 6.45) is 0. The van der Waals surface area contributed by atoms with E-state index in [1.165, 1.54) is 0 Å². The summed E-state index contributed by atoms with van der Waals surface area (Å²) < 4.78 is 1.69. The van der Waals surface area contributed by atoms with Gasteiger partial charge < -0.3 is 15.5 Å². The minimum atomic E-state index is 0.318. The highest BCUT2D eigenvalue weighted by atomic mass is 15.4. The molecule has 1 saturated heterocycles. The summed E-state index contributed by atoms with van der Waals surface area (Å²) in [5, 5.41) is 13.2. The summed E-state index contributed by atoms with van der Waals surface area (Å²) >= 11 is 0. The molecule has 0 saturated carbocycles. The Kier molecular flexibility index (Phi) is 2.71. The zero-order valence-corrected chi connectivity index (χ0v) is 9.64. The van der Waals surface area contributed by atoms with Crippen LogP contribution in [0.15, 0.2) is 0 Å². The van der Waals surface area contributed by atoms with Gasteiger partial charge in [0.1, 0.15) is 17.5 Å². The van der Waals surface area contributed by atoms with E-state index in [0.29, 0.717) is 11.4 Å². The Morgan fingerprint density at radius 1 is 1.25 bits per heavy atom. The summed E-state index contributed by atoms with van der Waals surface area (Å²) in [5.74, 6) is 1.16. The Labute approximate surface area is 94.8 Å². The van der Waals surface area contributed by atoms with Gasteiger partial charge in [0, 0.05) is 33.2 Å². The van der Waals surface area contributed by atoms with Crippen LogP contribution in [0.5, 0.6) is 0 Å². The fourth-order valence-corrected chi connectivity index (χ4v) is 2.02. The minimum Gasteiger partial charge on any atom is -0.381 e. The second-order valence-electron chi connectivity index (χ2n) is 4.11. The quantitative estimate of drug-likeness (QED) is 0.698. The number of hydrogen-bond acceptors (Lipinski definition) is 5. The molecule has 6 nitrogen and oxygen atoms in total. The van der Waals surface area contributed by atoms with Crippen LogP contribution in [0.3, 0.4) is 0 Å². The molecule has 2 N–H and O–H groups in total. The third-order valence-corrected chi connectivity index (χ3v) is 2.96. The van der Waals surface area contributed by atoms with E-state index in [-0.39, 0.29) is 0 Å². The van der Waals surface area contributed by atoms with Crippen LogP contribution in [0, 0.1) is 11.3 Å². The lowest BCUT2D eigenvalue weighted by atomic mass is 10.2. The van der Waals surface area contributed by atoms with Crippen LogP contribution in [-0.2, 0) is 7.05 Å². The zero-order chi connectivity index (χ0) is 11.7. The lowest BCUT2D eigenvalue weighted by molar-refractivity contribution is 0.311. The van der Waals surface area contributed by atoms with Crippen molar-refractivity contribution in [3.8, 4) is 6.07 Å². The molecule has 1 fully saturated rings. The van der Waals surface area contributed by atoms with Gasteiger partial charge >= 0.3 is 0 Å². The van der Waals surface area contributed by atoms with Crippen molar-refractivity contribution in [3.05, 3.63) is 5.56 Å². The van der Waals surface area contributed by atoms with Crippen molar-refractivity contribution in [2.45, 2.75) is 0 Å². The fourth-order valence-electron chi connectivity index (χ4n) is 2.02. The predicted octanol–water partition coefficient (Wildman–Crippen LogP) is -0.374. The normalized spacial score (nSPS) is 17.4. The average Bonchev–Trinajstić information content (AvgIpc) is 2.54. The van der Waals surface area contributed by atoms with Crippen molar-refractivity contribution in [1.29, 1.82) is 5.26 Å². The van der Waals surface area contributed by atoms with Gasteiger partial charge in [-0.2, -0.15) is 10.4 Å². The first-order valence-electron chi connectivity index (χ1n) is 5.29. The molecule has 0 unspecified atom stereocenters. The molecule has 1 aromatic heterocycles. The molecular formula is C10H16N6. The van der Waals surface area contributed by atoms with Gasteiger partial charge in [0.2, 0.25) is 0 Å². The first-order valence-corrected chi connectivity index (χ1v) is 5.29. The number of piperazine rings is 1. The van der Waals surface area contributed by atoms with Crippen LogP contribution in [0.25, 0.3) is 0 Å². The van der Waals surface area contributed by atoms with E-state index >= 15 is 0 Å². The zero-order valence-electron chi connectivity index (χ0n) is 9.64. The van der Waals surface area contributed by atoms with Gasteiger partial charge in [-0.25, -0.2) is 4.68 Å². The Hall–Kier alpha value is -1.74. The van der Waals surface area contributed by atoms with Crippen LogP contribution in [0.4, 0.5) is 11.6 Å². The molecule has 0 radical (unpaired) electrons. The maximum atomic E-state index is 9.07. The highest BCUT2D eigenvalue weighted by molar-refractivity contribution is 5.65. The Bertz CT molecular complexity index is 421. The molecule has 0 aliphatic carbocycles. The first-order chi connectivity index (χ1) is 7.63. The lowest BCUT2D eigenvalue weighted by Gasteiger charge is -2.33. The minimum absolute atomic E-state index is 0.318. The second-order valence-corrected chi connectivity index (χ2v) is 4.11. The van der Waals surface area contributed by atoms with Crippen molar-refractivity contribution in [2.24, 2.45) is 7.05 Å². The van der Waals surface area contributed by atoms with Crippen molar-refractivity contribution >= 4 is 11.6 Å². The number of aryl methyl sites for hydroxylation is 1. The van der Waals surface area contributed by atoms with E-state index in [9.17, 15) is 0 Å². The number of hydrogen-bond donors (Lipinski definition) is 1. The number of nitrogens with zero attached hydrogens (tertiary/aromatic N) is 5. The molecule has 1 aromatic rings. The molecule has 86 valence electrons. The van der Waals surface area contributed by atoms with Gasteiger partial charge in [-0.15, -0.1) is 0 Å². The van der Waals surface area contributed by atoms with Crippen molar-refractivity contribution in [1.82, 2.24) is 14.7 Å². The topological polar surface area (TPSA) is 74.1 Å². The number of anilines is 2. The third-order valence-electron chi connectivity index (χ3n) is 2.96. The third kappa shape index (κ3) is 1.70. The fraction of sp³-hybridized carbons (Fsp3) is 0.600. The average molecular weight is 220 g/mol. The molecule has 2 heterocycles. The Balaban J connectivity index is 2.30. The number of nitrogen functional groups attached to an aromatic ring is 1. The molecule has 6 heteroatoms. The maximum Gasteiger partial charge on any atom is 0.165 e. The summed E-state index contributed by atoms with van der Waals surface area (Å²) in [6, 6.07) is 2.13. The molecule has 0 spiro atoms. The van der Waals surface area contributed by atoms with E-state index in [0.717, 1.165) is 32.0 Å². The van der Waals surface area contributed by atoms with E-state index in [1.54, 1.807) is 4.68 Å². The summed E-state index contributed by atoms with van der Waals surface area (Å²) in [6.45, 7) is 3.81. The Morgan fingerprint density at radius 2 is 1.88 bits per heavy atom. The Morgan fingerprint density at radius 3 is 2.44 bits per heavy atom. The first kappa shape index (κ1) is 10.8. The molecule has 0 bridgehead atoms. The number of likely N-dealkylation sites (N-methyl/N-ethyl adjacent to an activating group) is 1. The predicted molar refractivity (Wildman–Crippen MR) is 62.0 cm³/mol. The van der Waals surface area contributed by atoms with Crippen LogP contribution in [0.1, 0.15) is 5.56 Å². The molecule has 0 aromatic carbocycles.